The number of nitrogens with zero attached hydrogens (tertiary/aromatic N) is 2. The molecule has 1 aromatic carbocycles. The molecule has 156 valence electrons. The molecule has 2 aromatic rings. The maximum absolute atomic E-state index is 12.6. The normalized spacial score (nSPS) is 15.5. The highest BCUT2D eigenvalue weighted by atomic mass is 35.6. The van der Waals surface area contributed by atoms with Gasteiger partial charge in [-0.05, 0) is 43.2 Å². The maximum atomic E-state index is 12.6. The van der Waals surface area contributed by atoms with Gasteiger partial charge in [0.2, 0.25) is 15.6 Å². The van der Waals surface area contributed by atoms with Crippen LogP contribution in [0.5, 0.6) is 0 Å². The van der Waals surface area contributed by atoms with Crippen LogP contribution in [0.2, 0.25) is 0 Å². The van der Waals surface area contributed by atoms with Crippen LogP contribution in [0.4, 0.5) is 30.6 Å². The summed E-state index contributed by atoms with van der Waals surface area (Å²) in [6.07, 6.45) is -2.54. The molecular formula is C17H15Cl3F3N5O. The lowest BCUT2D eigenvalue weighted by Crippen LogP contribution is -2.49. The number of halogens is 6. The first-order valence-electron chi connectivity index (χ1n) is 8.43. The Balaban J connectivity index is 1.70. The molecule has 1 aromatic heterocycles. The van der Waals surface area contributed by atoms with Gasteiger partial charge in [0.15, 0.2) is 0 Å². The standard InChI is InChI=1S/C17H15Cl3F3N5O/c18-16(19,20)14(27-13(29)9-1-2-9)28-15-24-8-7-12(26-15)25-11-5-3-10(4-6-11)17(21,22)23/h3-9,14H,1-2H2,(H,27,29)(H2,24,25,26,28). The van der Waals surface area contributed by atoms with Gasteiger partial charge in [0.05, 0.1) is 5.56 Å². The predicted octanol–water partition coefficient (Wildman–Crippen LogP) is 4.87. The third-order valence-corrected chi connectivity index (χ3v) is 4.63. The lowest BCUT2D eigenvalue weighted by Gasteiger charge is -2.26. The molecule has 0 aliphatic heterocycles. The average Bonchev–Trinajstić information content (AvgIpc) is 3.45. The number of nitrogens with one attached hydrogen (secondary N) is 3. The van der Waals surface area contributed by atoms with Crippen molar-refractivity contribution >= 4 is 58.2 Å². The van der Waals surface area contributed by atoms with E-state index in [1.807, 2.05) is 0 Å². The molecule has 12 heteroatoms. The first kappa shape index (κ1) is 21.7. The molecular weight excluding hydrogens is 454 g/mol. The van der Waals surface area contributed by atoms with Crippen molar-refractivity contribution in [3.05, 3.63) is 42.1 Å². The van der Waals surface area contributed by atoms with E-state index in [0.717, 1.165) is 25.0 Å². The highest BCUT2D eigenvalue weighted by Crippen LogP contribution is 2.34. The Labute approximate surface area is 179 Å². The van der Waals surface area contributed by atoms with E-state index in [2.05, 4.69) is 25.9 Å². The molecule has 0 bridgehead atoms. The fraction of sp³-hybridized carbons (Fsp3) is 0.353. The molecule has 0 saturated heterocycles. The van der Waals surface area contributed by atoms with Crippen molar-refractivity contribution in [2.45, 2.75) is 29.0 Å². The fourth-order valence-electron chi connectivity index (χ4n) is 2.32. The van der Waals surface area contributed by atoms with Crippen LogP contribution in [0.1, 0.15) is 18.4 Å². The summed E-state index contributed by atoms with van der Waals surface area (Å²) in [6.45, 7) is 0. The zero-order valence-electron chi connectivity index (χ0n) is 14.6. The van der Waals surface area contributed by atoms with Crippen molar-refractivity contribution in [3.8, 4) is 0 Å². The van der Waals surface area contributed by atoms with E-state index in [0.29, 0.717) is 11.5 Å². The molecule has 6 nitrogen and oxygen atoms in total. The second kappa shape index (κ2) is 8.41. The molecule has 0 spiro atoms. The predicted molar refractivity (Wildman–Crippen MR) is 105 cm³/mol. The number of hydrogen-bond acceptors (Lipinski definition) is 5. The number of carbonyl (C=O) groups is 1. The van der Waals surface area contributed by atoms with Gasteiger partial charge in [-0.2, -0.15) is 18.2 Å². The Morgan fingerprint density at radius 2 is 1.76 bits per heavy atom. The van der Waals surface area contributed by atoms with Crippen LogP contribution in [-0.2, 0) is 11.0 Å². The third-order valence-electron chi connectivity index (χ3n) is 3.98. The van der Waals surface area contributed by atoms with E-state index in [1.165, 1.54) is 24.4 Å². The molecule has 1 saturated carbocycles. The number of aromatic nitrogens is 2. The van der Waals surface area contributed by atoms with Crippen molar-refractivity contribution in [3.63, 3.8) is 0 Å². The highest BCUT2D eigenvalue weighted by Gasteiger charge is 2.38. The Morgan fingerprint density at radius 1 is 1.10 bits per heavy atom. The molecule has 29 heavy (non-hydrogen) atoms. The van der Waals surface area contributed by atoms with Crippen LogP contribution < -0.4 is 16.0 Å². The Morgan fingerprint density at radius 3 is 2.31 bits per heavy atom. The van der Waals surface area contributed by atoms with Gasteiger partial charge in [0.1, 0.15) is 12.0 Å². The second-order valence-corrected chi connectivity index (χ2v) is 8.74. The van der Waals surface area contributed by atoms with E-state index in [1.54, 1.807) is 0 Å². The Bertz CT molecular complexity index is 870. The van der Waals surface area contributed by atoms with Gasteiger partial charge in [-0.25, -0.2) is 4.98 Å². The van der Waals surface area contributed by atoms with Crippen LogP contribution in [0, 0.1) is 5.92 Å². The van der Waals surface area contributed by atoms with Crippen LogP contribution in [0.3, 0.4) is 0 Å². The van der Waals surface area contributed by atoms with Crippen LogP contribution >= 0.6 is 34.8 Å². The summed E-state index contributed by atoms with van der Waals surface area (Å²) in [5.41, 5.74) is -0.368. The molecule has 1 aliphatic carbocycles. The lowest BCUT2D eigenvalue weighted by atomic mass is 10.2. The van der Waals surface area contributed by atoms with Crippen molar-refractivity contribution in [1.82, 2.24) is 15.3 Å². The van der Waals surface area contributed by atoms with Crippen LogP contribution in [0.25, 0.3) is 0 Å². The van der Waals surface area contributed by atoms with Crippen molar-refractivity contribution in [2.75, 3.05) is 10.6 Å². The molecule has 3 rings (SSSR count). The number of anilines is 3. The van der Waals surface area contributed by atoms with Gasteiger partial charge in [-0.15, -0.1) is 0 Å². The van der Waals surface area contributed by atoms with E-state index < -0.39 is 21.7 Å². The molecule has 1 amide bonds. The molecule has 1 atom stereocenters. The summed E-state index contributed by atoms with van der Waals surface area (Å²) in [5.74, 6) is 0.00118. The summed E-state index contributed by atoms with van der Waals surface area (Å²) in [6, 6.07) is 5.97. The number of hydrogen-bond donors (Lipinski definition) is 3. The number of rotatable bonds is 6. The van der Waals surface area contributed by atoms with Crippen molar-refractivity contribution in [1.29, 1.82) is 0 Å². The second-order valence-electron chi connectivity index (χ2n) is 6.37. The van der Waals surface area contributed by atoms with Gasteiger partial charge in [-0.3, -0.25) is 4.79 Å². The first-order chi connectivity index (χ1) is 13.5. The van der Waals surface area contributed by atoms with Gasteiger partial charge >= 0.3 is 6.18 Å². The zero-order valence-corrected chi connectivity index (χ0v) is 16.9. The summed E-state index contributed by atoms with van der Waals surface area (Å²) in [7, 11) is 0. The van der Waals surface area contributed by atoms with Crippen molar-refractivity contribution < 1.29 is 18.0 Å². The summed E-state index contributed by atoms with van der Waals surface area (Å²) >= 11 is 17.8. The Kier molecular flexibility index (Phi) is 6.30. The minimum atomic E-state index is -4.42. The lowest BCUT2D eigenvalue weighted by molar-refractivity contribution is -0.137. The van der Waals surface area contributed by atoms with E-state index in [9.17, 15) is 18.0 Å². The van der Waals surface area contributed by atoms with E-state index >= 15 is 0 Å². The molecule has 1 fully saturated rings. The largest absolute Gasteiger partial charge is 0.416 e. The SMILES string of the molecule is O=C(NC(Nc1nccc(Nc2ccc(C(F)(F)F)cc2)n1)C(Cl)(Cl)Cl)C1CC1. The summed E-state index contributed by atoms with van der Waals surface area (Å²) in [4.78, 5) is 20.2. The minimum absolute atomic E-state index is 0.0503. The smallest absolute Gasteiger partial charge is 0.340 e. The number of carbonyl (C=O) groups excluding carboxylic acids is 1. The molecule has 0 radical (unpaired) electrons. The minimum Gasteiger partial charge on any atom is -0.340 e. The van der Waals surface area contributed by atoms with Gasteiger partial charge in [-0.1, -0.05) is 34.8 Å². The number of benzene rings is 1. The van der Waals surface area contributed by atoms with Crippen LogP contribution in [0.15, 0.2) is 36.5 Å². The van der Waals surface area contributed by atoms with E-state index in [-0.39, 0.29) is 17.8 Å². The third kappa shape index (κ3) is 6.25. The molecule has 3 N–H and O–H groups in total. The van der Waals surface area contributed by atoms with Gasteiger partial charge in [0, 0.05) is 17.8 Å². The van der Waals surface area contributed by atoms with Gasteiger partial charge < -0.3 is 16.0 Å². The molecule has 1 heterocycles. The number of alkyl halides is 6. The highest BCUT2D eigenvalue weighted by molar-refractivity contribution is 6.68. The molecule has 1 aliphatic rings. The van der Waals surface area contributed by atoms with Gasteiger partial charge in [0.25, 0.3) is 0 Å². The fourth-order valence-corrected chi connectivity index (χ4v) is 2.65. The summed E-state index contributed by atoms with van der Waals surface area (Å²) < 4.78 is 36.1. The molecule has 1 unspecified atom stereocenters. The first-order valence-corrected chi connectivity index (χ1v) is 9.57. The topological polar surface area (TPSA) is 78.9 Å². The van der Waals surface area contributed by atoms with E-state index in [4.69, 9.17) is 34.8 Å². The zero-order chi connectivity index (χ0) is 21.2. The number of amides is 1. The maximum Gasteiger partial charge on any atom is 0.416 e. The quantitative estimate of drug-likeness (QED) is 0.416. The van der Waals surface area contributed by atoms with Crippen molar-refractivity contribution in [2.24, 2.45) is 5.92 Å². The average molecular weight is 469 g/mol. The Hall–Kier alpha value is -1.97. The van der Waals surface area contributed by atoms with Crippen LogP contribution in [-0.4, -0.2) is 25.8 Å². The monoisotopic (exact) mass is 467 g/mol. The summed E-state index contributed by atoms with van der Waals surface area (Å²) in [5, 5.41) is 8.21.